The maximum absolute atomic E-state index is 12.4. The van der Waals surface area contributed by atoms with Gasteiger partial charge in [0, 0.05) is 29.6 Å². The van der Waals surface area contributed by atoms with E-state index in [1.165, 1.54) is 0 Å². The summed E-state index contributed by atoms with van der Waals surface area (Å²) in [6.45, 7) is 2.48. The molecule has 5 heteroatoms. The number of carbonyl (C=O) groups is 1. The van der Waals surface area contributed by atoms with E-state index in [1.807, 2.05) is 73.8 Å². The average Bonchev–Trinajstić information content (AvgIpc) is 3.10. The number of fused-ring (bicyclic) bond motifs is 1. The summed E-state index contributed by atoms with van der Waals surface area (Å²) in [5, 5.41) is 3.87. The van der Waals surface area contributed by atoms with E-state index in [1.54, 1.807) is 11.3 Å². The van der Waals surface area contributed by atoms with Crippen molar-refractivity contribution in [2.45, 2.75) is 13.5 Å². The van der Waals surface area contributed by atoms with Crippen molar-refractivity contribution in [3.8, 4) is 10.6 Å². The summed E-state index contributed by atoms with van der Waals surface area (Å²) >= 11 is 1.57. The molecule has 0 fully saturated rings. The highest BCUT2D eigenvalue weighted by Gasteiger charge is 2.11. The minimum Gasteiger partial charge on any atom is -0.348 e. The molecule has 4 aromatic rings. The predicted molar refractivity (Wildman–Crippen MR) is 105 cm³/mol. The molecule has 4 rings (SSSR count). The SMILES string of the molecule is Cc1ccc(-c2nc3ccc(C(=O)NCc4ccccc4)cc3s2)cn1. The number of aryl methyl sites for hydroxylation is 1. The van der Waals surface area contributed by atoms with Crippen molar-refractivity contribution in [1.82, 2.24) is 15.3 Å². The monoisotopic (exact) mass is 359 g/mol. The summed E-state index contributed by atoms with van der Waals surface area (Å²) in [7, 11) is 0. The fourth-order valence-electron chi connectivity index (χ4n) is 2.66. The number of carbonyl (C=O) groups excluding carboxylic acids is 1. The third-order valence-electron chi connectivity index (χ3n) is 4.10. The van der Waals surface area contributed by atoms with Gasteiger partial charge in [-0.3, -0.25) is 9.78 Å². The quantitative estimate of drug-likeness (QED) is 0.579. The molecule has 0 atom stereocenters. The molecule has 0 aliphatic heterocycles. The van der Waals surface area contributed by atoms with E-state index >= 15 is 0 Å². The third kappa shape index (κ3) is 3.48. The van der Waals surface area contributed by atoms with E-state index in [9.17, 15) is 4.79 Å². The Morgan fingerprint density at radius 3 is 2.69 bits per heavy atom. The Kier molecular flexibility index (Phi) is 4.46. The Balaban J connectivity index is 1.55. The van der Waals surface area contributed by atoms with Crippen LogP contribution in [0.3, 0.4) is 0 Å². The van der Waals surface area contributed by atoms with E-state index < -0.39 is 0 Å². The summed E-state index contributed by atoms with van der Waals surface area (Å²) < 4.78 is 0.993. The molecule has 4 nitrogen and oxygen atoms in total. The number of thiazole rings is 1. The molecule has 1 amide bonds. The molecule has 0 saturated heterocycles. The third-order valence-corrected chi connectivity index (χ3v) is 5.17. The Bertz CT molecular complexity index is 1060. The molecule has 26 heavy (non-hydrogen) atoms. The summed E-state index contributed by atoms with van der Waals surface area (Å²) in [5.41, 5.74) is 4.59. The topological polar surface area (TPSA) is 54.9 Å². The van der Waals surface area contributed by atoms with Gasteiger partial charge in [-0.25, -0.2) is 4.98 Å². The highest BCUT2D eigenvalue weighted by molar-refractivity contribution is 7.21. The normalized spacial score (nSPS) is 10.8. The minimum atomic E-state index is -0.0808. The highest BCUT2D eigenvalue weighted by Crippen LogP contribution is 2.30. The number of aromatic nitrogens is 2. The molecule has 0 spiro atoms. The van der Waals surface area contributed by atoms with Gasteiger partial charge in [0.2, 0.25) is 0 Å². The van der Waals surface area contributed by atoms with Crippen LogP contribution in [0.4, 0.5) is 0 Å². The summed E-state index contributed by atoms with van der Waals surface area (Å²) in [6, 6.07) is 19.5. The highest BCUT2D eigenvalue weighted by atomic mass is 32.1. The first-order valence-electron chi connectivity index (χ1n) is 8.35. The number of hydrogen-bond acceptors (Lipinski definition) is 4. The predicted octanol–water partition coefficient (Wildman–Crippen LogP) is 4.60. The van der Waals surface area contributed by atoms with Gasteiger partial charge in [0.05, 0.1) is 10.2 Å². The average molecular weight is 359 g/mol. The lowest BCUT2D eigenvalue weighted by Gasteiger charge is -2.05. The van der Waals surface area contributed by atoms with Gasteiger partial charge in [0.15, 0.2) is 0 Å². The van der Waals surface area contributed by atoms with E-state index in [4.69, 9.17) is 0 Å². The first-order valence-corrected chi connectivity index (χ1v) is 9.16. The second-order valence-electron chi connectivity index (χ2n) is 6.06. The Labute approximate surface area is 155 Å². The van der Waals surface area contributed by atoms with Gasteiger partial charge in [0.1, 0.15) is 5.01 Å². The number of pyridine rings is 1. The maximum Gasteiger partial charge on any atom is 0.251 e. The fraction of sp³-hybridized carbons (Fsp3) is 0.0952. The molecule has 2 heterocycles. The van der Waals surface area contributed by atoms with Crippen LogP contribution in [0, 0.1) is 6.92 Å². The van der Waals surface area contributed by atoms with Crippen LogP contribution in [-0.2, 0) is 6.54 Å². The van der Waals surface area contributed by atoms with Gasteiger partial charge in [-0.1, -0.05) is 30.3 Å². The molecule has 0 radical (unpaired) electrons. The largest absolute Gasteiger partial charge is 0.348 e. The van der Waals surface area contributed by atoms with Gasteiger partial charge >= 0.3 is 0 Å². The minimum absolute atomic E-state index is 0.0808. The molecular formula is C21H17N3OS. The van der Waals surface area contributed by atoms with Gasteiger partial charge in [-0.2, -0.15) is 0 Å². The number of nitrogens with zero attached hydrogens (tertiary/aromatic N) is 2. The van der Waals surface area contributed by atoms with E-state index in [0.717, 1.165) is 32.0 Å². The fourth-order valence-corrected chi connectivity index (χ4v) is 3.66. The van der Waals surface area contributed by atoms with Crippen LogP contribution in [0.2, 0.25) is 0 Å². The second-order valence-corrected chi connectivity index (χ2v) is 7.09. The van der Waals surface area contributed by atoms with Crippen molar-refractivity contribution in [3.05, 3.63) is 83.7 Å². The van der Waals surface area contributed by atoms with Crippen molar-refractivity contribution in [3.63, 3.8) is 0 Å². The van der Waals surface area contributed by atoms with Crippen molar-refractivity contribution >= 4 is 27.5 Å². The lowest BCUT2D eigenvalue weighted by Crippen LogP contribution is -2.22. The zero-order chi connectivity index (χ0) is 17.9. The summed E-state index contributed by atoms with van der Waals surface area (Å²) in [4.78, 5) is 21.4. The summed E-state index contributed by atoms with van der Waals surface area (Å²) in [5.74, 6) is -0.0808. The molecule has 0 saturated carbocycles. The van der Waals surface area contributed by atoms with Crippen LogP contribution in [0.25, 0.3) is 20.8 Å². The molecule has 0 aliphatic carbocycles. The number of benzene rings is 2. The van der Waals surface area contributed by atoms with Crippen LogP contribution in [0.1, 0.15) is 21.6 Å². The first-order chi connectivity index (χ1) is 12.7. The van der Waals surface area contributed by atoms with Crippen LogP contribution in [0.15, 0.2) is 66.9 Å². The van der Waals surface area contributed by atoms with Crippen molar-refractivity contribution in [2.75, 3.05) is 0 Å². The van der Waals surface area contributed by atoms with E-state index in [2.05, 4.69) is 15.3 Å². The molecular weight excluding hydrogens is 342 g/mol. The zero-order valence-corrected chi connectivity index (χ0v) is 15.1. The lowest BCUT2D eigenvalue weighted by atomic mass is 10.2. The van der Waals surface area contributed by atoms with Crippen LogP contribution in [-0.4, -0.2) is 15.9 Å². The molecule has 2 aromatic carbocycles. The first kappa shape index (κ1) is 16.4. The zero-order valence-electron chi connectivity index (χ0n) is 14.3. The number of rotatable bonds is 4. The van der Waals surface area contributed by atoms with Crippen molar-refractivity contribution < 1.29 is 4.79 Å². The standard InChI is InChI=1S/C21H17N3OS/c1-14-7-8-17(13-22-14)21-24-18-10-9-16(11-19(18)26-21)20(25)23-12-15-5-3-2-4-6-15/h2-11,13H,12H2,1H3,(H,23,25). The molecule has 0 bridgehead atoms. The molecule has 0 unspecified atom stereocenters. The second kappa shape index (κ2) is 7.06. The number of nitrogens with one attached hydrogen (secondary N) is 1. The van der Waals surface area contributed by atoms with Crippen molar-refractivity contribution in [2.24, 2.45) is 0 Å². The molecule has 2 aromatic heterocycles. The van der Waals surface area contributed by atoms with Gasteiger partial charge < -0.3 is 5.32 Å². The van der Waals surface area contributed by atoms with Crippen LogP contribution >= 0.6 is 11.3 Å². The van der Waals surface area contributed by atoms with Crippen LogP contribution in [0.5, 0.6) is 0 Å². The molecule has 128 valence electrons. The number of hydrogen-bond donors (Lipinski definition) is 1. The molecule has 1 N–H and O–H groups in total. The Morgan fingerprint density at radius 2 is 1.92 bits per heavy atom. The van der Waals surface area contributed by atoms with E-state index in [0.29, 0.717) is 12.1 Å². The van der Waals surface area contributed by atoms with Gasteiger partial charge in [-0.05, 0) is 42.8 Å². The Hall–Kier alpha value is -3.05. The maximum atomic E-state index is 12.4. The lowest BCUT2D eigenvalue weighted by molar-refractivity contribution is 0.0951. The Morgan fingerprint density at radius 1 is 1.08 bits per heavy atom. The number of amides is 1. The smallest absolute Gasteiger partial charge is 0.251 e. The van der Waals surface area contributed by atoms with Crippen molar-refractivity contribution in [1.29, 1.82) is 0 Å². The van der Waals surface area contributed by atoms with Gasteiger partial charge in [0.25, 0.3) is 5.91 Å². The summed E-state index contributed by atoms with van der Waals surface area (Å²) in [6.07, 6.45) is 1.83. The molecule has 0 aliphatic rings. The van der Waals surface area contributed by atoms with Gasteiger partial charge in [-0.15, -0.1) is 11.3 Å². The van der Waals surface area contributed by atoms with E-state index in [-0.39, 0.29) is 5.91 Å². The van der Waals surface area contributed by atoms with Crippen LogP contribution < -0.4 is 5.32 Å².